The molecule has 0 saturated carbocycles. The number of carboxylic acid groups (broad SMARTS) is 1. The summed E-state index contributed by atoms with van der Waals surface area (Å²) in [5, 5.41) is 8.83. The van der Waals surface area contributed by atoms with Crippen molar-refractivity contribution in [2.75, 3.05) is 0 Å². The van der Waals surface area contributed by atoms with Crippen molar-refractivity contribution in [1.82, 2.24) is 0 Å². The molecule has 1 unspecified atom stereocenters. The Kier molecular flexibility index (Phi) is 5.49. The van der Waals surface area contributed by atoms with Gasteiger partial charge in [0.2, 0.25) is 0 Å². The van der Waals surface area contributed by atoms with E-state index in [1.54, 1.807) is 18.2 Å². The van der Waals surface area contributed by atoms with Gasteiger partial charge in [-0.15, -0.1) is 0 Å². The van der Waals surface area contributed by atoms with Crippen LogP contribution in [0.2, 0.25) is 0 Å². The molecule has 0 bridgehead atoms. The van der Waals surface area contributed by atoms with Gasteiger partial charge in [0.1, 0.15) is 0 Å². The number of ether oxygens (including phenoxy) is 2. The summed E-state index contributed by atoms with van der Waals surface area (Å²) in [7, 11) is 0. The molecule has 1 rings (SSSR count). The van der Waals surface area contributed by atoms with Gasteiger partial charge in [-0.1, -0.05) is 25.5 Å². The van der Waals surface area contributed by atoms with E-state index in [2.05, 4.69) is 6.92 Å². The number of para-hydroxylation sites is 2. The quantitative estimate of drug-likeness (QED) is 0.810. The van der Waals surface area contributed by atoms with Crippen molar-refractivity contribution in [1.29, 1.82) is 0 Å². The van der Waals surface area contributed by atoms with Gasteiger partial charge in [-0.25, -0.2) is 4.79 Å². The highest BCUT2D eigenvalue weighted by Gasteiger charge is 2.16. The fourth-order valence-corrected chi connectivity index (χ4v) is 1.57. The van der Waals surface area contributed by atoms with E-state index in [0.29, 0.717) is 11.5 Å². The SMILES string of the molecule is CCCC(C)Oc1ccccc1O[C@H](C)C(=O)O. The highest BCUT2D eigenvalue weighted by molar-refractivity contribution is 5.72. The summed E-state index contributed by atoms with van der Waals surface area (Å²) < 4.78 is 11.1. The summed E-state index contributed by atoms with van der Waals surface area (Å²) in [5.41, 5.74) is 0. The lowest BCUT2D eigenvalue weighted by Crippen LogP contribution is -2.23. The van der Waals surface area contributed by atoms with Crippen LogP contribution in [0.3, 0.4) is 0 Å². The number of carboxylic acids is 1. The number of carbonyl (C=O) groups is 1. The first-order chi connectivity index (χ1) is 8.54. The van der Waals surface area contributed by atoms with Gasteiger partial charge in [0.15, 0.2) is 17.6 Å². The normalized spacial score (nSPS) is 13.7. The predicted octanol–water partition coefficient (Wildman–Crippen LogP) is 3.11. The molecule has 0 spiro atoms. The Labute approximate surface area is 108 Å². The summed E-state index contributed by atoms with van der Waals surface area (Å²) in [4.78, 5) is 10.8. The Morgan fingerprint density at radius 3 is 2.28 bits per heavy atom. The second kappa shape index (κ2) is 6.89. The zero-order chi connectivity index (χ0) is 13.5. The van der Waals surface area contributed by atoms with Crippen molar-refractivity contribution in [3.63, 3.8) is 0 Å². The maximum atomic E-state index is 10.8. The molecule has 1 aromatic rings. The maximum absolute atomic E-state index is 10.8. The molecule has 4 nitrogen and oxygen atoms in total. The third-order valence-corrected chi connectivity index (χ3v) is 2.52. The van der Waals surface area contributed by atoms with Gasteiger partial charge in [0, 0.05) is 0 Å². The van der Waals surface area contributed by atoms with E-state index in [1.165, 1.54) is 6.92 Å². The van der Waals surface area contributed by atoms with Gasteiger partial charge in [-0.2, -0.15) is 0 Å². The van der Waals surface area contributed by atoms with Gasteiger partial charge in [0.25, 0.3) is 0 Å². The van der Waals surface area contributed by atoms with E-state index in [-0.39, 0.29) is 6.10 Å². The molecule has 0 heterocycles. The minimum atomic E-state index is -0.994. The summed E-state index contributed by atoms with van der Waals surface area (Å²) in [5.74, 6) is 0.0633. The molecule has 4 heteroatoms. The third-order valence-electron chi connectivity index (χ3n) is 2.52. The number of aliphatic carboxylic acids is 1. The fraction of sp³-hybridized carbons (Fsp3) is 0.500. The van der Waals surface area contributed by atoms with Crippen molar-refractivity contribution in [3.05, 3.63) is 24.3 Å². The number of benzene rings is 1. The Balaban J connectivity index is 2.76. The van der Waals surface area contributed by atoms with E-state index in [4.69, 9.17) is 14.6 Å². The minimum absolute atomic E-state index is 0.0832. The van der Waals surface area contributed by atoms with Crippen LogP contribution >= 0.6 is 0 Å². The van der Waals surface area contributed by atoms with Crippen molar-refractivity contribution in [2.45, 2.75) is 45.8 Å². The molecule has 1 N–H and O–H groups in total. The first-order valence-corrected chi connectivity index (χ1v) is 6.19. The monoisotopic (exact) mass is 252 g/mol. The summed E-state index contributed by atoms with van der Waals surface area (Å²) in [6.07, 6.45) is 1.18. The topological polar surface area (TPSA) is 55.8 Å². The van der Waals surface area contributed by atoms with Crippen molar-refractivity contribution in [3.8, 4) is 11.5 Å². The fourth-order valence-electron chi connectivity index (χ4n) is 1.57. The van der Waals surface area contributed by atoms with Crippen LogP contribution in [0.4, 0.5) is 0 Å². The van der Waals surface area contributed by atoms with Crippen LogP contribution in [0.5, 0.6) is 11.5 Å². The number of rotatable bonds is 7. The van der Waals surface area contributed by atoms with Gasteiger partial charge in [-0.3, -0.25) is 0 Å². The lowest BCUT2D eigenvalue weighted by molar-refractivity contribution is -0.144. The standard InChI is InChI=1S/C14H20O4/c1-4-7-10(2)17-12-8-5-6-9-13(12)18-11(3)14(15)16/h5-6,8-11H,4,7H2,1-3H3,(H,15,16)/t10?,11-/m1/s1. The van der Waals surface area contributed by atoms with E-state index >= 15 is 0 Å². The Morgan fingerprint density at radius 1 is 1.22 bits per heavy atom. The molecule has 0 aliphatic rings. The van der Waals surface area contributed by atoms with E-state index in [0.717, 1.165) is 12.8 Å². The van der Waals surface area contributed by atoms with Crippen LogP contribution < -0.4 is 9.47 Å². The van der Waals surface area contributed by atoms with E-state index in [9.17, 15) is 4.79 Å². The van der Waals surface area contributed by atoms with Crippen molar-refractivity contribution < 1.29 is 19.4 Å². The molecule has 0 radical (unpaired) electrons. The largest absolute Gasteiger partial charge is 0.487 e. The highest BCUT2D eigenvalue weighted by Crippen LogP contribution is 2.28. The van der Waals surface area contributed by atoms with Crippen LogP contribution in [0.1, 0.15) is 33.6 Å². The Morgan fingerprint density at radius 2 is 1.78 bits per heavy atom. The van der Waals surface area contributed by atoms with Gasteiger partial charge in [0.05, 0.1) is 6.10 Å². The summed E-state index contributed by atoms with van der Waals surface area (Å²) >= 11 is 0. The molecule has 0 fully saturated rings. The van der Waals surface area contributed by atoms with Crippen LogP contribution in [0, 0.1) is 0 Å². The summed E-state index contributed by atoms with van der Waals surface area (Å²) in [6.45, 7) is 5.57. The first kappa shape index (κ1) is 14.4. The third kappa shape index (κ3) is 4.28. The average molecular weight is 252 g/mol. The minimum Gasteiger partial charge on any atom is -0.487 e. The second-order valence-corrected chi connectivity index (χ2v) is 4.26. The summed E-state index contributed by atoms with van der Waals surface area (Å²) in [6, 6.07) is 7.14. The number of hydrogen-bond donors (Lipinski definition) is 1. The van der Waals surface area contributed by atoms with Crippen molar-refractivity contribution >= 4 is 5.97 Å². The molecule has 0 aliphatic heterocycles. The second-order valence-electron chi connectivity index (χ2n) is 4.26. The van der Waals surface area contributed by atoms with E-state index in [1.807, 2.05) is 13.0 Å². The molecule has 2 atom stereocenters. The Bertz CT molecular complexity index is 389. The molecular formula is C14H20O4. The van der Waals surface area contributed by atoms with Crippen LogP contribution in [0.15, 0.2) is 24.3 Å². The molecule has 18 heavy (non-hydrogen) atoms. The van der Waals surface area contributed by atoms with E-state index < -0.39 is 12.1 Å². The first-order valence-electron chi connectivity index (χ1n) is 6.19. The molecule has 1 aromatic carbocycles. The van der Waals surface area contributed by atoms with Gasteiger partial charge < -0.3 is 14.6 Å². The molecule has 0 amide bonds. The Hall–Kier alpha value is -1.71. The average Bonchev–Trinajstić information content (AvgIpc) is 2.31. The van der Waals surface area contributed by atoms with Gasteiger partial charge in [-0.05, 0) is 32.4 Å². The zero-order valence-electron chi connectivity index (χ0n) is 11.1. The van der Waals surface area contributed by atoms with Crippen LogP contribution in [0.25, 0.3) is 0 Å². The molecular weight excluding hydrogens is 232 g/mol. The molecule has 100 valence electrons. The lowest BCUT2D eigenvalue weighted by Gasteiger charge is -2.18. The van der Waals surface area contributed by atoms with Crippen LogP contribution in [-0.4, -0.2) is 23.3 Å². The number of hydrogen-bond acceptors (Lipinski definition) is 3. The van der Waals surface area contributed by atoms with Crippen molar-refractivity contribution in [2.24, 2.45) is 0 Å². The van der Waals surface area contributed by atoms with Gasteiger partial charge >= 0.3 is 5.97 Å². The zero-order valence-corrected chi connectivity index (χ0v) is 11.1. The maximum Gasteiger partial charge on any atom is 0.344 e. The molecule has 0 aromatic heterocycles. The lowest BCUT2D eigenvalue weighted by atomic mass is 10.2. The van der Waals surface area contributed by atoms with Crippen LogP contribution in [-0.2, 0) is 4.79 Å². The molecule has 0 saturated heterocycles. The highest BCUT2D eigenvalue weighted by atomic mass is 16.5. The molecule has 0 aliphatic carbocycles. The predicted molar refractivity (Wildman–Crippen MR) is 69.2 cm³/mol. The smallest absolute Gasteiger partial charge is 0.344 e.